The van der Waals surface area contributed by atoms with Gasteiger partial charge in [-0.05, 0) is 36.5 Å². The molecule has 34 heteroatoms. The third kappa shape index (κ3) is 11.3. The normalized spacial score (nSPS) is 16.8. The van der Waals surface area contributed by atoms with E-state index in [1.54, 1.807) is 0 Å². The van der Waals surface area contributed by atoms with Crippen molar-refractivity contribution < 1.29 is 140 Å². The van der Waals surface area contributed by atoms with Crippen LogP contribution in [0.1, 0.15) is 22.3 Å². The van der Waals surface area contributed by atoms with Gasteiger partial charge in [-0.2, -0.15) is 35.1 Å². The molecule has 4 aromatic carbocycles. The number of halogens is 16. The summed E-state index contributed by atoms with van der Waals surface area (Å²) in [5.41, 5.74) is -24.9. The van der Waals surface area contributed by atoms with Crippen LogP contribution in [0.3, 0.4) is 0 Å². The lowest BCUT2D eigenvalue weighted by molar-refractivity contribution is 0.0503. The minimum atomic E-state index is -2.61. The molecule has 0 radical (unpaired) electrons. The van der Waals surface area contributed by atoms with Gasteiger partial charge in [0, 0.05) is 22.3 Å². The smallest absolute Gasteiger partial charge is 0.204 e. The third-order valence-electron chi connectivity index (χ3n) is 13.2. The summed E-state index contributed by atoms with van der Waals surface area (Å²) in [6, 6.07) is 0. The largest absolute Gasteiger partial charge is 0.503 e. The van der Waals surface area contributed by atoms with Crippen LogP contribution in [-0.4, -0.2) is 151 Å². The standard InChI is InChI=1S/C56H36F16N4O14/c57-33-29(34(58)42(66)53(41(33)65)87-11-15(81)7-77)25-19-1-2-20(73-19)26(30-35(59)43(67)54(44(68)36(30)60)88-12-16(82)8-78)22-4-6-24(75-22)28(32-39(63)47(71)56(48(72)40(32)64)90-14-18(84)10-80)50-52(86)51(85)49(76-50)27(23-5-3-21(25)74-23)31-37(61)45(69)55(46(70)38(31)62)89-13-17(83)9-79/h1-6,15-18,77-86H,7-14H2. The minimum Gasteiger partial charge on any atom is -0.503 e. The van der Waals surface area contributed by atoms with Crippen molar-refractivity contribution in [2.75, 3.05) is 52.9 Å². The van der Waals surface area contributed by atoms with Crippen molar-refractivity contribution in [3.63, 3.8) is 0 Å². The second-order valence-corrected chi connectivity index (χ2v) is 19.1. The second kappa shape index (κ2) is 25.7. The number of hydrogen-bond donors (Lipinski definition) is 10. The maximum absolute atomic E-state index is 16.8. The molecule has 18 nitrogen and oxygen atoms in total. The quantitative estimate of drug-likeness (QED) is 0.0329. The van der Waals surface area contributed by atoms with Gasteiger partial charge in [0.25, 0.3) is 0 Å². The summed E-state index contributed by atoms with van der Waals surface area (Å²) in [5, 5.41) is 99.6. The Kier molecular flexibility index (Phi) is 18.7. The van der Waals surface area contributed by atoms with E-state index in [-0.39, 0.29) is 0 Å². The zero-order valence-corrected chi connectivity index (χ0v) is 44.4. The molecule has 5 heterocycles. The molecule has 8 bridgehead atoms. The van der Waals surface area contributed by atoms with Crippen molar-refractivity contribution in [3.05, 3.63) is 186 Å². The number of aliphatic hydroxyl groups excluding tert-OH is 10. The second-order valence-electron chi connectivity index (χ2n) is 19.1. The number of nitrogens with zero attached hydrogens (tertiary/aromatic N) is 4. The summed E-state index contributed by atoms with van der Waals surface area (Å²) >= 11 is 0. The minimum absolute atomic E-state index is 0.452. The maximum Gasteiger partial charge on any atom is 0.204 e. The van der Waals surface area contributed by atoms with Crippen LogP contribution in [0.2, 0.25) is 0 Å². The van der Waals surface area contributed by atoms with Gasteiger partial charge < -0.3 is 70.0 Å². The molecule has 4 aromatic rings. The van der Waals surface area contributed by atoms with Crippen LogP contribution >= 0.6 is 0 Å². The van der Waals surface area contributed by atoms with E-state index in [4.69, 9.17) is 9.47 Å². The van der Waals surface area contributed by atoms with E-state index in [1.165, 1.54) is 0 Å². The highest BCUT2D eigenvalue weighted by molar-refractivity contribution is 6.40. The highest BCUT2D eigenvalue weighted by Crippen LogP contribution is 2.47. The van der Waals surface area contributed by atoms with E-state index in [0.29, 0.717) is 36.5 Å². The van der Waals surface area contributed by atoms with Gasteiger partial charge in [-0.3, -0.25) is 0 Å². The molecule has 4 atom stereocenters. The number of rotatable bonds is 20. The Bertz CT molecular complexity index is 4040. The van der Waals surface area contributed by atoms with E-state index < -0.39 is 295 Å². The van der Waals surface area contributed by atoms with Crippen LogP contribution in [0.15, 0.2) is 90.7 Å². The number of aliphatic hydroxyl groups is 10. The zero-order chi connectivity index (χ0) is 65.8. The van der Waals surface area contributed by atoms with E-state index in [9.17, 15) is 51.1 Å². The topological polar surface area (TPSA) is 289 Å². The molecule has 9 rings (SSSR count). The molecule has 0 saturated carbocycles. The molecular weight excluding hydrogens is 1260 g/mol. The van der Waals surface area contributed by atoms with Gasteiger partial charge in [0.1, 0.15) is 62.3 Å². The van der Waals surface area contributed by atoms with Gasteiger partial charge in [0.15, 0.2) is 81.1 Å². The van der Waals surface area contributed by atoms with E-state index in [0.717, 1.165) is 0 Å². The van der Waals surface area contributed by atoms with Gasteiger partial charge in [-0.1, -0.05) is 0 Å². The van der Waals surface area contributed by atoms with Gasteiger partial charge in [-0.15, -0.1) is 0 Å². The van der Waals surface area contributed by atoms with Gasteiger partial charge in [-0.25, -0.2) is 55.1 Å². The molecule has 476 valence electrons. The van der Waals surface area contributed by atoms with Crippen molar-refractivity contribution in [3.8, 4) is 23.0 Å². The Morgan fingerprint density at radius 1 is 0.300 bits per heavy atom. The lowest BCUT2D eigenvalue weighted by Gasteiger charge is -2.18. The van der Waals surface area contributed by atoms with Crippen LogP contribution in [0.5, 0.6) is 23.0 Å². The first-order chi connectivity index (χ1) is 42.6. The van der Waals surface area contributed by atoms with Crippen LogP contribution in [0, 0.1) is 93.1 Å². The average molecular weight is 1290 g/mol. The summed E-state index contributed by atoms with van der Waals surface area (Å²) in [5.74, 6) is -52.0. The van der Waals surface area contributed by atoms with Crippen molar-refractivity contribution >= 4 is 45.1 Å². The van der Waals surface area contributed by atoms with E-state index >= 15 is 70.2 Å². The number of benzene rings is 4. The zero-order valence-electron chi connectivity index (χ0n) is 44.4. The number of fused-ring (bicyclic) bond motifs is 4. The summed E-state index contributed by atoms with van der Waals surface area (Å²) in [7, 11) is 0. The maximum atomic E-state index is 16.8. The molecule has 5 aliphatic rings. The van der Waals surface area contributed by atoms with E-state index in [1.807, 2.05) is 0 Å². The Morgan fingerprint density at radius 3 is 0.800 bits per heavy atom. The lowest BCUT2D eigenvalue weighted by atomic mass is 9.95. The first kappa shape index (κ1) is 65.3. The van der Waals surface area contributed by atoms with Crippen molar-refractivity contribution in [2.24, 2.45) is 20.0 Å². The Balaban J connectivity index is 1.47. The summed E-state index contributed by atoms with van der Waals surface area (Å²) in [6.07, 6.45) is -4.84. The predicted molar refractivity (Wildman–Crippen MR) is 277 cm³/mol. The van der Waals surface area contributed by atoms with Gasteiger partial charge in [0.05, 0.1) is 82.9 Å². The first-order valence-corrected chi connectivity index (χ1v) is 25.3. The lowest BCUT2D eigenvalue weighted by Crippen LogP contribution is -2.23. The summed E-state index contributed by atoms with van der Waals surface area (Å²) < 4.78 is 283. The number of hydrogen-bond acceptors (Lipinski definition) is 18. The third-order valence-corrected chi connectivity index (χ3v) is 13.2. The van der Waals surface area contributed by atoms with Crippen molar-refractivity contribution in [1.29, 1.82) is 0 Å². The fraction of sp³-hybridized carbons (Fsp3) is 0.214. The van der Waals surface area contributed by atoms with Crippen molar-refractivity contribution in [1.82, 2.24) is 0 Å². The van der Waals surface area contributed by atoms with Crippen LogP contribution in [0.25, 0.3) is 22.3 Å². The average Bonchev–Trinajstić information content (AvgIpc) is 1.46. The highest BCUT2D eigenvalue weighted by Gasteiger charge is 2.43. The van der Waals surface area contributed by atoms with Gasteiger partial charge >= 0.3 is 0 Å². The molecule has 0 amide bonds. The molecule has 0 aliphatic carbocycles. The summed E-state index contributed by atoms with van der Waals surface area (Å²) in [4.78, 5) is 15.8. The molecule has 90 heavy (non-hydrogen) atoms. The Labute approximate surface area is 490 Å². The van der Waals surface area contributed by atoms with E-state index in [2.05, 4.69) is 29.4 Å². The molecule has 0 saturated heterocycles. The molecule has 10 N–H and O–H groups in total. The first-order valence-electron chi connectivity index (χ1n) is 25.3. The molecule has 4 unspecified atom stereocenters. The highest BCUT2D eigenvalue weighted by atomic mass is 19.2. The number of aliphatic imine (C=N–C) groups is 4. The molecule has 0 fully saturated rings. The van der Waals surface area contributed by atoms with Crippen LogP contribution in [0.4, 0.5) is 70.2 Å². The molecule has 5 aliphatic heterocycles. The fourth-order valence-electron chi connectivity index (χ4n) is 8.98. The summed E-state index contributed by atoms with van der Waals surface area (Å²) in [6.45, 7) is -9.66. The number of allylic oxidation sites excluding steroid dienone is 10. The molecule has 0 aromatic heterocycles. The fourth-order valence-corrected chi connectivity index (χ4v) is 8.98. The Morgan fingerprint density at radius 2 is 0.533 bits per heavy atom. The predicted octanol–water partition coefficient (Wildman–Crippen LogP) is 6.61. The monoisotopic (exact) mass is 1290 g/mol. The van der Waals surface area contributed by atoms with Crippen molar-refractivity contribution in [2.45, 2.75) is 24.4 Å². The SMILES string of the molecule is OCC(O)COc1c(F)c(F)c(C2=C3C=CC(=N3)C(c3c(F)c(F)c(OCC(O)CO)c(F)c3F)=C3C=CC(=N3)C(c3c(F)c(F)c(OCC(O)CO)c(F)c3F)=C3N=C(C(O)=C3O)C(c3c(F)c(F)c(OCC(O)CO)c(F)c3F)=C3C=CC2=N3)c(F)c1F. The molecule has 0 spiro atoms. The number of ether oxygens (including phenoxy) is 4. The van der Waals surface area contributed by atoms with Crippen LogP contribution in [-0.2, 0) is 0 Å². The molecular formula is C56H36F16N4O14. The van der Waals surface area contributed by atoms with Gasteiger partial charge in [0.2, 0.25) is 46.5 Å². The van der Waals surface area contributed by atoms with Crippen LogP contribution < -0.4 is 18.9 Å². The Hall–Kier alpha value is -9.16.